The van der Waals surface area contributed by atoms with Gasteiger partial charge in [-0.15, -0.1) is 0 Å². The summed E-state index contributed by atoms with van der Waals surface area (Å²) in [6.45, 7) is 6.22. The van der Waals surface area contributed by atoms with E-state index in [0.29, 0.717) is 5.95 Å². The first kappa shape index (κ1) is 26.3. The van der Waals surface area contributed by atoms with Gasteiger partial charge in [-0.3, -0.25) is 4.98 Å². The molecule has 11 heteroatoms. The van der Waals surface area contributed by atoms with Crippen LogP contribution in [0.15, 0.2) is 67.1 Å². The molecule has 0 bridgehead atoms. The minimum absolute atomic E-state index is 0.196. The Kier molecular flexibility index (Phi) is 8.36. The fourth-order valence-corrected chi connectivity index (χ4v) is 3.55. The van der Waals surface area contributed by atoms with Crippen LogP contribution >= 0.6 is 0 Å². The van der Waals surface area contributed by atoms with E-state index in [1.54, 1.807) is 6.20 Å². The highest BCUT2D eigenvalue weighted by Crippen LogP contribution is 2.27. The Balaban J connectivity index is 0.000000454. The number of hydrogen-bond acceptors (Lipinski definition) is 6. The topological polar surface area (TPSA) is 106 Å². The van der Waals surface area contributed by atoms with E-state index in [-0.39, 0.29) is 6.04 Å². The van der Waals surface area contributed by atoms with Crippen LogP contribution in [0.4, 0.5) is 19.1 Å². The number of carboxylic acids is 1. The second-order valence-corrected chi connectivity index (χ2v) is 7.97. The average molecular weight is 499 g/mol. The lowest BCUT2D eigenvalue weighted by Crippen LogP contribution is -2.21. The van der Waals surface area contributed by atoms with E-state index in [1.165, 1.54) is 5.56 Å². The van der Waals surface area contributed by atoms with Gasteiger partial charge in [0.15, 0.2) is 0 Å². The third-order valence-electron chi connectivity index (χ3n) is 5.11. The maximum Gasteiger partial charge on any atom is 0.490 e. The molecule has 188 valence electrons. The smallest absolute Gasteiger partial charge is 0.475 e. The highest BCUT2D eigenvalue weighted by molar-refractivity contribution is 5.73. The van der Waals surface area contributed by atoms with Crippen molar-refractivity contribution in [3.8, 4) is 16.9 Å². The van der Waals surface area contributed by atoms with Crippen molar-refractivity contribution in [3.05, 3.63) is 84.1 Å². The van der Waals surface area contributed by atoms with Crippen LogP contribution in [0.5, 0.6) is 0 Å². The van der Waals surface area contributed by atoms with E-state index in [9.17, 15) is 13.2 Å². The summed E-state index contributed by atoms with van der Waals surface area (Å²) in [5.74, 6) is -2.14. The zero-order valence-electron chi connectivity index (χ0n) is 19.9. The van der Waals surface area contributed by atoms with E-state index in [1.807, 2.05) is 60.4 Å². The quantitative estimate of drug-likeness (QED) is 0.385. The predicted molar refractivity (Wildman–Crippen MR) is 129 cm³/mol. The fraction of sp³-hybridized carbons (Fsp3) is 0.240. The maximum atomic E-state index is 10.6. The zero-order valence-corrected chi connectivity index (χ0v) is 19.9. The van der Waals surface area contributed by atoms with E-state index in [4.69, 9.17) is 20.0 Å². The third kappa shape index (κ3) is 6.87. The minimum Gasteiger partial charge on any atom is -0.475 e. The molecule has 36 heavy (non-hydrogen) atoms. The summed E-state index contributed by atoms with van der Waals surface area (Å²) in [5, 5.41) is 15.3. The first-order valence-corrected chi connectivity index (χ1v) is 11.0. The van der Waals surface area contributed by atoms with Gasteiger partial charge in [-0.2, -0.15) is 18.3 Å². The molecule has 3 heterocycles. The number of benzene rings is 1. The normalized spacial score (nSPS) is 11.8. The summed E-state index contributed by atoms with van der Waals surface area (Å²) in [4.78, 5) is 22.1. The van der Waals surface area contributed by atoms with Crippen LogP contribution in [0.3, 0.4) is 0 Å². The van der Waals surface area contributed by atoms with Crippen molar-refractivity contribution in [2.24, 2.45) is 0 Å². The molecule has 1 unspecified atom stereocenters. The first-order valence-electron chi connectivity index (χ1n) is 11.0. The Hall–Kier alpha value is -4.28. The lowest BCUT2D eigenvalue weighted by atomic mass is 10.1. The summed E-state index contributed by atoms with van der Waals surface area (Å²) >= 11 is 0. The highest BCUT2D eigenvalue weighted by atomic mass is 19.4. The monoisotopic (exact) mass is 498 g/mol. The van der Waals surface area contributed by atoms with Gasteiger partial charge >= 0.3 is 12.1 Å². The molecule has 0 fully saturated rings. The molecule has 0 radical (unpaired) electrons. The van der Waals surface area contributed by atoms with Crippen molar-refractivity contribution in [2.75, 3.05) is 5.32 Å². The largest absolute Gasteiger partial charge is 0.490 e. The van der Waals surface area contributed by atoms with Gasteiger partial charge in [0.2, 0.25) is 5.95 Å². The minimum atomic E-state index is -5.08. The van der Waals surface area contributed by atoms with Gasteiger partial charge in [-0.25, -0.2) is 19.4 Å². The SMILES string of the molecule is Cc1nn(-c2ccccc2)c(C)c1-c1ccnc(NC(C)Cc2ccncc2)n1.O=C(O)C(F)(F)F. The van der Waals surface area contributed by atoms with Crippen LogP contribution in [-0.2, 0) is 11.2 Å². The van der Waals surface area contributed by atoms with Gasteiger partial charge in [-0.1, -0.05) is 18.2 Å². The van der Waals surface area contributed by atoms with Crippen LogP contribution < -0.4 is 5.32 Å². The number of carbonyl (C=O) groups is 1. The second kappa shape index (κ2) is 11.4. The molecule has 0 amide bonds. The number of anilines is 1. The maximum absolute atomic E-state index is 10.6. The number of carboxylic acid groups (broad SMARTS) is 1. The molecule has 0 saturated carbocycles. The number of aliphatic carboxylic acids is 1. The van der Waals surface area contributed by atoms with Crippen LogP contribution in [0.1, 0.15) is 23.9 Å². The standard InChI is InChI=1S/C23H24N6.C2HF3O2/c1-16(15-19-9-12-24-13-10-19)26-23-25-14-11-21(27-23)22-17(2)28-29(18(22)3)20-7-5-4-6-8-20;3-2(4,5)1(6)7/h4-14,16H,15H2,1-3H3,(H,25,26,27);(H,6,7). The van der Waals surface area contributed by atoms with Crippen molar-refractivity contribution in [1.82, 2.24) is 24.7 Å². The number of nitrogens with zero attached hydrogens (tertiary/aromatic N) is 5. The van der Waals surface area contributed by atoms with E-state index in [0.717, 1.165) is 34.8 Å². The summed E-state index contributed by atoms with van der Waals surface area (Å²) in [6.07, 6.45) is 1.22. The Labute approximate surface area is 205 Å². The highest BCUT2D eigenvalue weighted by Gasteiger charge is 2.38. The van der Waals surface area contributed by atoms with Gasteiger partial charge < -0.3 is 10.4 Å². The Bertz CT molecular complexity index is 1290. The van der Waals surface area contributed by atoms with E-state index in [2.05, 4.69) is 41.3 Å². The molecule has 4 aromatic rings. The van der Waals surface area contributed by atoms with Crippen molar-refractivity contribution in [2.45, 2.75) is 39.4 Å². The molecule has 2 N–H and O–H groups in total. The van der Waals surface area contributed by atoms with Crippen LogP contribution in [-0.4, -0.2) is 48.0 Å². The molecule has 8 nitrogen and oxygen atoms in total. The molecule has 0 aliphatic carbocycles. The molecular formula is C25H25F3N6O2. The summed E-state index contributed by atoms with van der Waals surface area (Å²) in [7, 11) is 0. The number of aryl methyl sites for hydroxylation is 1. The molecule has 4 rings (SSSR count). The zero-order chi connectivity index (χ0) is 26.3. The molecular weight excluding hydrogens is 473 g/mol. The second-order valence-electron chi connectivity index (χ2n) is 7.97. The van der Waals surface area contributed by atoms with Gasteiger partial charge in [0.05, 0.1) is 22.8 Å². The van der Waals surface area contributed by atoms with E-state index >= 15 is 0 Å². The number of halogens is 3. The molecule has 1 atom stereocenters. The number of para-hydroxylation sites is 1. The number of hydrogen-bond donors (Lipinski definition) is 2. The number of nitrogens with one attached hydrogen (secondary N) is 1. The lowest BCUT2D eigenvalue weighted by molar-refractivity contribution is -0.192. The molecule has 0 aliphatic rings. The third-order valence-corrected chi connectivity index (χ3v) is 5.11. The first-order chi connectivity index (χ1) is 17.1. The lowest BCUT2D eigenvalue weighted by Gasteiger charge is -2.14. The van der Waals surface area contributed by atoms with Crippen molar-refractivity contribution < 1.29 is 23.1 Å². The van der Waals surface area contributed by atoms with E-state index < -0.39 is 12.1 Å². The van der Waals surface area contributed by atoms with Crippen LogP contribution in [0.2, 0.25) is 0 Å². The molecule has 0 spiro atoms. The Morgan fingerprint density at radius 2 is 1.69 bits per heavy atom. The fourth-order valence-electron chi connectivity index (χ4n) is 3.55. The number of alkyl halides is 3. The number of aromatic nitrogens is 5. The Morgan fingerprint density at radius 1 is 1.06 bits per heavy atom. The number of rotatable bonds is 6. The predicted octanol–water partition coefficient (Wildman–Crippen LogP) is 5.02. The van der Waals surface area contributed by atoms with Gasteiger partial charge in [0, 0.05) is 30.2 Å². The van der Waals surface area contributed by atoms with Crippen LogP contribution in [0, 0.1) is 13.8 Å². The molecule has 1 aromatic carbocycles. The van der Waals surface area contributed by atoms with Crippen LogP contribution in [0.25, 0.3) is 16.9 Å². The van der Waals surface area contributed by atoms with Crippen molar-refractivity contribution in [3.63, 3.8) is 0 Å². The molecule has 0 saturated heterocycles. The average Bonchev–Trinajstić information content (AvgIpc) is 3.14. The molecule has 3 aromatic heterocycles. The Morgan fingerprint density at radius 3 is 2.31 bits per heavy atom. The van der Waals surface area contributed by atoms with Crippen molar-refractivity contribution >= 4 is 11.9 Å². The molecule has 0 aliphatic heterocycles. The summed E-state index contributed by atoms with van der Waals surface area (Å²) < 4.78 is 33.7. The van der Waals surface area contributed by atoms with Gasteiger partial charge in [-0.05, 0) is 63.1 Å². The van der Waals surface area contributed by atoms with Crippen molar-refractivity contribution in [1.29, 1.82) is 0 Å². The number of pyridine rings is 1. The summed E-state index contributed by atoms with van der Waals surface area (Å²) in [6, 6.07) is 16.3. The van der Waals surface area contributed by atoms with Gasteiger partial charge in [0.25, 0.3) is 0 Å². The van der Waals surface area contributed by atoms with Gasteiger partial charge in [0.1, 0.15) is 0 Å². The summed E-state index contributed by atoms with van der Waals surface area (Å²) in [5.41, 5.74) is 6.19.